The summed E-state index contributed by atoms with van der Waals surface area (Å²) in [4.78, 5) is 23.5. The van der Waals surface area contributed by atoms with Gasteiger partial charge < -0.3 is 20.1 Å². The number of hydrogen-bond donors (Lipinski definition) is 2. The van der Waals surface area contributed by atoms with Gasteiger partial charge in [0.05, 0.1) is 18.8 Å². The van der Waals surface area contributed by atoms with Crippen molar-refractivity contribution in [1.29, 1.82) is 0 Å². The summed E-state index contributed by atoms with van der Waals surface area (Å²) in [5.74, 6) is 0.279. The molecule has 0 atom stereocenters. The zero-order valence-electron chi connectivity index (χ0n) is 13.8. The van der Waals surface area contributed by atoms with Crippen LogP contribution < -0.4 is 15.4 Å². The summed E-state index contributed by atoms with van der Waals surface area (Å²) >= 11 is 0. The maximum atomic E-state index is 12.0. The molecule has 0 saturated carbocycles. The van der Waals surface area contributed by atoms with E-state index in [-0.39, 0.29) is 6.10 Å². The fourth-order valence-corrected chi connectivity index (χ4v) is 2.02. The van der Waals surface area contributed by atoms with E-state index in [1.807, 2.05) is 13.8 Å². The summed E-state index contributed by atoms with van der Waals surface area (Å²) in [6, 6.07) is 13.2. The highest BCUT2D eigenvalue weighted by Gasteiger charge is 2.08. The molecule has 0 radical (unpaired) electrons. The summed E-state index contributed by atoms with van der Waals surface area (Å²) in [6.45, 7) is 3.89. The second-order valence-corrected chi connectivity index (χ2v) is 5.34. The van der Waals surface area contributed by atoms with E-state index in [0.717, 1.165) is 5.75 Å². The minimum absolute atomic E-state index is 0.0918. The smallest absolute Gasteiger partial charge is 0.337 e. The number of methoxy groups -OCH3 is 1. The van der Waals surface area contributed by atoms with E-state index in [1.54, 1.807) is 48.5 Å². The lowest BCUT2D eigenvalue weighted by molar-refractivity contribution is 0.0600. The first kappa shape index (κ1) is 17.3. The molecule has 0 bridgehead atoms. The summed E-state index contributed by atoms with van der Waals surface area (Å²) in [5, 5.41) is 5.38. The summed E-state index contributed by atoms with van der Waals surface area (Å²) in [7, 11) is 1.31. The van der Waals surface area contributed by atoms with Gasteiger partial charge >= 0.3 is 12.0 Å². The van der Waals surface area contributed by atoms with Crippen LogP contribution in [0.1, 0.15) is 24.2 Å². The average molecular weight is 328 g/mol. The number of ether oxygens (including phenoxy) is 2. The molecule has 0 aliphatic heterocycles. The van der Waals surface area contributed by atoms with Crippen molar-refractivity contribution in [3.63, 3.8) is 0 Å². The van der Waals surface area contributed by atoms with Crippen LogP contribution in [-0.2, 0) is 4.74 Å². The summed E-state index contributed by atoms with van der Waals surface area (Å²) < 4.78 is 10.2. The molecule has 2 amide bonds. The fraction of sp³-hybridized carbons (Fsp3) is 0.222. The SMILES string of the molecule is COC(=O)c1cccc(NC(=O)Nc2ccc(OC(C)C)cc2)c1. The van der Waals surface area contributed by atoms with Crippen molar-refractivity contribution in [3.8, 4) is 5.75 Å². The van der Waals surface area contributed by atoms with Crippen LogP contribution in [0, 0.1) is 0 Å². The summed E-state index contributed by atoms with van der Waals surface area (Å²) in [5.41, 5.74) is 1.49. The van der Waals surface area contributed by atoms with Gasteiger partial charge in [-0.2, -0.15) is 0 Å². The van der Waals surface area contributed by atoms with Gasteiger partial charge in [0.1, 0.15) is 5.75 Å². The van der Waals surface area contributed by atoms with Crippen LogP contribution in [-0.4, -0.2) is 25.2 Å². The number of carbonyl (C=O) groups is 2. The number of hydrogen-bond acceptors (Lipinski definition) is 4. The maximum absolute atomic E-state index is 12.0. The number of nitrogens with one attached hydrogen (secondary N) is 2. The number of carbonyl (C=O) groups excluding carboxylic acids is 2. The van der Waals surface area contributed by atoms with Gasteiger partial charge in [0.25, 0.3) is 0 Å². The molecule has 6 heteroatoms. The Morgan fingerprint density at radius 3 is 2.25 bits per heavy atom. The first-order valence-corrected chi connectivity index (χ1v) is 7.51. The number of benzene rings is 2. The van der Waals surface area contributed by atoms with Gasteiger partial charge in [-0.15, -0.1) is 0 Å². The van der Waals surface area contributed by atoms with Gasteiger partial charge in [-0.05, 0) is 56.3 Å². The van der Waals surface area contributed by atoms with Gasteiger partial charge in [-0.1, -0.05) is 6.07 Å². The van der Waals surface area contributed by atoms with Crippen LogP contribution in [0.4, 0.5) is 16.2 Å². The normalized spacial score (nSPS) is 10.2. The monoisotopic (exact) mass is 328 g/mol. The molecule has 0 aliphatic carbocycles. The lowest BCUT2D eigenvalue weighted by Crippen LogP contribution is -2.19. The minimum Gasteiger partial charge on any atom is -0.491 e. The zero-order valence-corrected chi connectivity index (χ0v) is 13.8. The Hall–Kier alpha value is -3.02. The number of urea groups is 1. The third-order valence-electron chi connectivity index (χ3n) is 3.03. The fourth-order valence-electron chi connectivity index (χ4n) is 2.02. The van der Waals surface area contributed by atoms with Gasteiger partial charge in [-0.25, -0.2) is 9.59 Å². The Kier molecular flexibility index (Phi) is 5.78. The Morgan fingerprint density at radius 1 is 0.958 bits per heavy atom. The lowest BCUT2D eigenvalue weighted by Gasteiger charge is -2.11. The largest absolute Gasteiger partial charge is 0.491 e. The van der Waals surface area contributed by atoms with E-state index >= 15 is 0 Å². The van der Waals surface area contributed by atoms with Crippen molar-refractivity contribution in [2.75, 3.05) is 17.7 Å². The van der Waals surface area contributed by atoms with Gasteiger partial charge in [0.15, 0.2) is 0 Å². The number of amides is 2. The topological polar surface area (TPSA) is 76.7 Å². The highest BCUT2D eigenvalue weighted by molar-refractivity contribution is 6.00. The quantitative estimate of drug-likeness (QED) is 0.816. The molecule has 24 heavy (non-hydrogen) atoms. The second-order valence-electron chi connectivity index (χ2n) is 5.34. The molecule has 0 unspecified atom stereocenters. The Morgan fingerprint density at radius 2 is 1.62 bits per heavy atom. The van der Waals surface area contributed by atoms with Crippen molar-refractivity contribution < 1.29 is 19.1 Å². The van der Waals surface area contributed by atoms with Crippen molar-refractivity contribution in [1.82, 2.24) is 0 Å². The molecular weight excluding hydrogens is 308 g/mol. The second kappa shape index (κ2) is 8.01. The predicted molar refractivity (Wildman–Crippen MR) is 92.6 cm³/mol. The molecule has 2 rings (SSSR count). The van der Waals surface area contributed by atoms with Crippen LogP contribution in [0.15, 0.2) is 48.5 Å². The van der Waals surface area contributed by atoms with Gasteiger partial charge in [0, 0.05) is 11.4 Å². The Balaban J connectivity index is 1.97. The van der Waals surface area contributed by atoms with Crippen molar-refractivity contribution in [2.24, 2.45) is 0 Å². The number of rotatable bonds is 5. The van der Waals surface area contributed by atoms with E-state index in [4.69, 9.17) is 4.74 Å². The predicted octanol–water partition coefficient (Wildman–Crippen LogP) is 3.90. The molecule has 2 aromatic carbocycles. The molecular formula is C18H20N2O4. The number of anilines is 2. The Labute approximate surface area is 140 Å². The van der Waals surface area contributed by atoms with Crippen LogP contribution in [0.2, 0.25) is 0 Å². The Bertz CT molecular complexity index is 711. The first-order valence-electron chi connectivity index (χ1n) is 7.51. The van der Waals surface area contributed by atoms with E-state index in [0.29, 0.717) is 16.9 Å². The van der Waals surface area contributed by atoms with Gasteiger partial charge in [0.2, 0.25) is 0 Å². The molecule has 6 nitrogen and oxygen atoms in total. The molecule has 0 saturated heterocycles. The maximum Gasteiger partial charge on any atom is 0.337 e. The van der Waals surface area contributed by atoms with Crippen molar-refractivity contribution >= 4 is 23.4 Å². The lowest BCUT2D eigenvalue weighted by atomic mass is 10.2. The van der Waals surface area contributed by atoms with Crippen molar-refractivity contribution in [2.45, 2.75) is 20.0 Å². The highest BCUT2D eigenvalue weighted by Crippen LogP contribution is 2.17. The average Bonchev–Trinajstić information content (AvgIpc) is 2.55. The molecule has 2 N–H and O–H groups in total. The zero-order chi connectivity index (χ0) is 17.5. The van der Waals surface area contributed by atoms with Crippen LogP contribution >= 0.6 is 0 Å². The van der Waals surface area contributed by atoms with E-state index in [1.165, 1.54) is 7.11 Å². The minimum atomic E-state index is -0.459. The van der Waals surface area contributed by atoms with E-state index < -0.39 is 12.0 Å². The van der Waals surface area contributed by atoms with Crippen molar-refractivity contribution in [3.05, 3.63) is 54.1 Å². The summed E-state index contributed by atoms with van der Waals surface area (Å²) in [6.07, 6.45) is 0.0918. The molecule has 126 valence electrons. The third-order valence-corrected chi connectivity index (χ3v) is 3.03. The molecule has 0 aromatic heterocycles. The molecule has 0 fully saturated rings. The van der Waals surface area contributed by atoms with Crippen LogP contribution in [0.25, 0.3) is 0 Å². The van der Waals surface area contributed by atoms with E-state index in [9.17, 15) is 9.59 Å². The van der Waals surface area contributed by atoms with E-state index in [2.05, 4.69) is 15.4 Å². The molecule has 0 aliphatic rings. The molecule has 0 heterocycles. The highest BCUT2D eigenvalue weighted by atomic mass is 16.5. The standard InChI is InChI=1S/C18H20N2O4/c1-12(2)24-16-9-7-14(8-10-16)19-18(22)20-15-6-4-5-13(11-15)17(21)23-3/h4-12H,1-3H3,(H2,19,20,22). The third kappa shape index (κ3) is 5.01. The van der Waals surface area contributed by atoms with Gasteiger partial charge in [-0.3, -0.25) is 0 Å². The molecule has 0 spiro atoms. The first-order chi connectivity index (χ1) is 11.5. The van der Waals surface area contributed by atoms with Crippen LogP contribution in [0.3, 0.4) is 0 Å². The number of esters is 1. The van der Waals surface area contributed by atoms with Crippen LogP contribution in [0.5, 0.6) is 5.75 Å². The molecule has 2 aromatic rings.